The summed E-state index contributed by atoms with van der Waals surface area (Å²) < 4.78 is 54.2. The quantitative estimate of drug-likeness (QED) is 0.165. The molecule has 0 bridgehead atoms. The lowest BCUT2D eigenvalue weighted by molar-refractivity contribution is -0.137. The lowest BCUT2D eigenvalue weighted by atomic mass is 9.95. The molecule has 0 spiro atoms. The van der Waals surface area contributed by atoms with E-state index in [4.69, 9.17) is 0 Å². The van der Waals surface area contributed by atoms with Crippen LogP contribution in [0.4, 0.5) is 29.1 Å². The van der Waals surface area contributed by atoms with Gasteiger partial charge in [0.15, 0.2) is 0 Å². The maximum Gasteiger partial charge on any atom is 0.416 e. The fraction of sp³-hybridized carbons (Fsp3) is 0.0645. The molecule has 3 aromatic carbocycles. The minimum absolute atomic E-state index is 0.279. The van der Waals surface area contributed by atoms with Crippen LogP contribution in [0, 0.1) is 5.82 Å². The van der Waals surface area contributed by atoms with Crippen LogP contribution < -0.4 is 10.6 Å². The van der Waals surface area contributed by atoms with Crippen molar-refractivity contribution in [2.24, 2.45) is 0 Å². The Morgan fingerprint density at radius 3 is 2.48 bits per heavy atom. The average molecular weight is 572 g/mol. The minimum atomic E-state index is -4.62. The largest absolute Gasteiger partial charge is 0.416 e. The third kappa shape index (κ3) is 6.15. The van der Waals surface area contributed by atoms with E-state index in [9.17, 15) is 22.8 Å². The van der Waals surface area contributed by atoms with E-state index in [1.165, 1.54) is 24.5 Å². The van der Waals surface area contributed by atoms with E-state index >= 15 is 4.39 Å². The Morgan fingerprint density at radius 1 is 0.881 bits per heavy atom. The van der Waals surface area contributed by atoms with E-state index in [0.29, 0.717) is 39.3 Å². The van der Waals surface area contributed by atoms with Gasteiger partial charge in [-0.15, -0.1) is 0 Å². The Kier molecular flexibility index (Phi) is 7.74. The fourth-order valence-electron chi connectivity index (χ4n) is 4.33. The number of rotatable bonds is 6. The molecule has 0 radical (unpaired) electrons. The van der Waals surface area contributed by atoms with Crippen molar-refractivity contribution in [3.63, 3.8) is 0 Å². The molecule has 0 aliphatic carbocycles. The van der Waals surface area contributed by atoms with Gasteiger partial charge in [-0.1, -0.05) is 24.3 Å². The first-order valence-corrected chi connectivity index (χ1v) is 12.5. The number of alkyl halides is 3. The molecule has 2 amide bonds. The monoisotopic (exact) mass is 571 g/mol. The van der Waals surface area contributed by atoms with Gasteiger partial charge >= 0.3 is 6.18 Å². The van der Waals surface area contributed by atoms with Crippen LogP contribution >= 0.6 is 0 Å². The van der Waals surface area contributed by atoms with Gasteiger partial charge < -0.3 is 10.6 Å². The summed E-state index contributed by atoms with van der Waals surface area (Å²) in [5, 5.41) is 5.68. The number of amides is 2. The Labute approximate surface area is 237 Å². The van der Waals surface area contributed by atoms with Crippen LogP contribution in [0.15, 0.2) is 97.6 Å². The molecule has 0 fully saturated rings. The molecule has 7 nitrogen and oxygen atoms in total. The molecule has 0 aliphatic heterocycles. The number of nitrogens with zero attached hydrogens (tertiary/aromatic N) is 3. The number of benzene rings is 3. The Hall–Kier alpha value is -5.45. The number of pyridine rings is 1. The van der Waals surface area contributed by atoms with Crippen LogP contribution in [0.2, 0.25) is 0 Å². The van der Waals surface area contributed by atoms with Crippen molar-refractivity contribution in [3.05, 3.63) is 115 Å². The molecule has 2 aromatic heterocycles. The molecule has 11 heteroatoms. The number of fused-ring (bicyclic) bond motifs is 1. The summed E-state index contributed by atoms with van der Waals surface area (Å²) in [6.45, 7) is 1.74. The van der Waals surface area contributed by atoms with E-state index in [2.05, 4.69) is 25.6 Å². The zero-order valence-electron chi connectivity index (χ0n) is 21.9. The highest BCUT2D eigenvalue weighted by atomic mass is 19.4. The highest BCUT2D eigenvalue weighted by molar-refractivity contribution is 6.05. The molecule has 2 heterocycles. The van der Waals surface area contributed by atoms with Gasteiger partial charge in [0.05, 0.1) is 16.6 Å². The summed E-state index contributed by atoms with van der Waals surface area (Å²) in [5.74, 6) is -2.47. The number of anilines is 2. The number of carbonyl (C=O) groups is 2. The van der Waals surface area contributed by atoms with Gasteiger partial charge in [0.2, 0.25) is 5.91 Å². The number of hydrogen-bond acceptors (Lipinski definition) is 5. The zero-order valence-corrected chi connectivity index (χ0v) is 21.9. The van der Waals surface area contributed by atoms with Crippen LogP contribution in [0.1, 0.15) is 22.8 Å². The minimum Gasteiger partial charge on any atom is -0.323 e. The second kappa shape index (κ2) is 11.6. The standard InChI is InChI=1S/C31H21F4N5O2/c1-2-4-28(41)39-23-6-3-5-19(12-23)25-13-20(11-21-16-36-17-38-29(21)25)18-7-8-24(26(32)14-18)30(42)40-27-15-22(9-10-37-27)31(33,34)35/h2-17H,1H3,(H,39,41)(H,37,40,42)/b4-2+. The Morgan fingerprint density at radius 2 is 1.71 bits per heavy atom. The van der Waals surface area contributed by atoms with Crippen molar-refractivity contribution in [1.29, 1.82) is 0 Å². The van der Waals surface area contributed by atoms with Gasteiger partial charge in [-0.3, -0.25) is 9.59 Å². The van der Waals surface area contributed by atoms with Crippen LogP contribution in [0.25, 0.3) is 33.2 Å². The Balaban J connectivity index is 1.48. The number of nitrogens with one attached hydrogen (secondary N) is 2. The summed E-state index contributed by atoms with van der Waals surface area (Å²) in [6.07, 6.45) is 2.35. The van der Waals surface area contributed by atoms with Crippen molar-refractivity contribution in [1.82, 2.24) is 15.0 Å². The van der Waals surface area contributed by atoms with Gasteiger partial charge in [0, 0.05) is 29.0 Å². The summed E-state index contributed by atoms with van der Waals surface area (Å²) in [6, 6.07) is 16.1. The molecule has 0 saturated heterocycles. The third-order valence-electron chi connectivity index (χ3n) is 6.24. The lowest BCUT2D eigenvalue weighted by Crippen LogP contribution is -2.15. The van der Waals surface area contributed by atoms with Crippen LogP contribution in [0.5, 0.6) is 0 Å². The molecule has 5 aromatic rings. The zero-order chi connectivity index (χ0) is 29.9. The van der Waals surface area contributed by atoms with E-state index in [1.54, 1.807) is 43.5 Å². The van der Waals surface area contributed by atoms with Crippen molar-refractivity contribution in [2.45, 2.75) is 13.1 Å². The van der Waals surface area contributed by atoms with Crippen molar-refractivity contribution in [3.8, 4) is 22.3 Å². The highest BCUT2D eigenvalue weighted by Gasteiger charge is 2.31. The molecule has 0 unspecified atom stereocenters. The van der Waals surface area contributed by atoms with E-state index in [1.807, 2.05) is 12.1 Å². The average Bonchev–Trinajstić information content (AvgIpc) is 2.96. The van der Waals surface area contributed by atoms with Gasteiger partial charge in [0.25, 0.3) is 5.91 Å². The van der Waals surface area contributed by atoms with E-state index < -0.39 is 23.5 Å². The summed E-state index contributed by atoms with van der Waals surface area (Å²) in [4.78, 5) is 37.0. The molecule has 42 heavy (non-hydrogen) atoms. The second-order valence-corrected chi connectivity index (χ2v) is 9.13. The van der Waals surface area contributed by atoms with Gasteiger partial charge in [-0.05, 0) is 78.2 Å². The first-order chi connectivity index (χ1) is 20.1. The molecular formula is C31H21F4N5O2. The summed E-state index contributed by atoms with van der Waals surface area (Å²) in [5.41, 5.74) is 2.31. The SMILES string of the molecule is C/C=C/C(=O)Nc1cccc(-c2cc(-c3ccc(C(=O)Nc4cc(C(F)(F)F)ccn4)c(F)c3)cc3cncnc23)c1. The topological polar surface area (TPSA) is 96.9 Å². The number of halogens is 4. The first kappa shape index (κ1) is 28.1. The molecule has 5 rings (SSSR count). The van der Waals surface area contributed by atoms with Crippen LogP contribution in [-0.2, 0) is 11.0 Å². The first-order valence-electron chi connectivity index (χ1n) is 12.5. The van der Waals surface area contributed by atoms with E-state index in [-0.39, 0.29) is 17.3 Å². The molecule has 0 atom stereocenters. The molecule has 0 aliphatic rings. The maximum absolute atomic E-state index is 15.2. The smallest absolute Gasteiger partial charge is 0.323 e. The summed E-state index contributed by atoms with van der Waals surface area (Å²) in [7, 11) is 0. The van der Waals surface area contributed by atoms with Crippen molar-refractivity contribution < 1.29 is 27.2 Å². The van der Waals surface area contributed by atoms with Crippen LogP contribution in [0.3, 0.4) is 0 Å². The predicted octanol–water partition coefficient (Wildman–Crippen LogP) is 7.28. The lowest BCUT2D eigenvalue weighted by Gasteiger charge is -2.13. The number of allylic oxidation sites excluding steroid dienone is 1. The maximum atomic E-state index is 15.2. The van der Waals surface area contributed by atoms with Gasteiger partial charge in [-0.2, -0.15) is 13.2 Å². The molecular weight excluding hydrogens is 550 g/mol. The number of carbonyl (C=O) groups excluding carboxylic acids is 2. The normalized spacial score (nSPS) is 11.5. The predicted molar refractivity (Wildman–Crippen MR) is 151 cm³/mol. The van der Waals surface area contributed by atoms with Crippen molar-refractivity contribution in [2.75, 3.05) is 10.6 Å². The van der Waals surface area contributed by atoms with Gasteiger partial charge in [-0.25, -0.2) is 19.3 Å². The second-order valence-electron chi connectivity index (χ2n) is 9.13. The molecule has 210 valence electrons. The highest BCUT2D eigenvalue weighted by Crippen LogP contribution is 2.35. The van der Waals surface area contributed by atoms with Gasteiger partial charge in [0.1, 0.15) is 18.0 Å². The van der Waals surface area contributed by atoms with Crippen molar-refractivity contribution >= 4 is 34.2 Å². The van der Waals surface area contributed by atoms with Crippen LogP contribution in [-0.4, -0.2) is 26.8 Å². The number of hydrogen-bond donors (Lipinski definition) is 2. The third-order valence-corrected chi connectivity index (χ3v) is 6.24. The fourth-order valence-corrected chi connectivity index (χ4v) is 4.33. The number of aromatic nitrogens is 3. The Bertz CT molecular complexity index is 1850. The molecule has 2 N–H and O–H groups in total. The summed E-state index contributed by atoms with van der Waals surface area (Å²) >= 11 is 0. The molecule has 0 saturated carbocycles. The van der Waals surface area contributed by atoms with E-state index in [0.717, 1.165) is 23.9 Å².